The minimum absolute atomic E-state index is 0.171. The first-order chi connectivity index (χ1) is 7.28. The topological polar surface area (TPSA) is 34.1 Å². The molecule has 0 spiro atoms. The van der Waals surface area contributed by atoms with Crippen LogP contribution in [0.4, 0.5) is 0 Å². The highest BCUT2D eigenvalue weighted by Crippen LogP contribution is 2.40. The Morgan fingerprint density at radius 1 is 1.00 bits per heavy atom. The maximum Gasteiger partial charge on any atom is 0.212 e. The molecule has 2 fully saturated rings. The minimum atomic E-state index is -0.701. The summed E-state index contributed by atoms with van der Waals surface area (Å²) in [5.74, 6) is 0.388. The lowest BCUT2D eigenvalue weighted by Crippen LogP contribution is -2.38. The van der Waals surface area contributed by atoms with E-state index < -0.39 is 5.41 Å². The number of ketones is 1. The van der Waals surface area contributed by atoms with E-state index in [-0.39, 0.29) is 11.7 Å². The van der Waals surface area contributed by atoms with Gasteiger partial charge in [0.1, 0.15) is 5.78 Å². The van der Waals surface area contributed by atoms with Crippen LogP contribution in [0.15, 0.2) is 0 Å². The molecule has 0 bridgehead atoms. The van der Waals surface area contributed by atoms with Gasteiger partial charge in [-0.15, -0.1) is 0 Å². The lowest BCUT2D eigenvalue weighted by molar-refractivity contribution is -0.130. The Labute approximate surface area is 91.4 Å². The Bertz CT molecular complexity index is 245. The van der Waals surface area contributed by atoms with Crippen molar-refractivity contribution in [1.29, 1.82) is 0 Å². The molecule has 2 aliphatic rings. The number of Topliss-reactive ketones (excluding diaryl/α,β-unsaturated/α-hetero) is 1. The molecule has 2 aliphatic carbocycles. The van der Waals surface area contributed by atoms with Crippen LogP contribution in [0.1, 0.15) is 57.8 Å². The van der Waals surface area contributed by atoms with E-state index in [9.17, 15) is 9.59 Å². The van der Waals surface area contributed by atoms with Crippen molar-refractivity contribution < 1.29 is 9.59 Å². The standard InChI is InChI=1S/C13H19O2/c14-10-13(8-4-1-5-9-13)12(15)11-6-2-3-7-11/h11H,1-9H2. The number of carbonyl (C=O) groups is 1. The summed E-state index contributed by atoms with van der Waals surface area (Å²) in [5, 5.41) is 0. The zero-order valence-electron chi connectivity index (χ0n) is 9.26. The van der Waals surface area contributed by atoms with Gasteiger partial charge in [-0.05, 0) is 25.7 Å². The molecule has 0 unspecified atom stereocenters. The molecule has 2 rings (SSSR count). The van der Waals surface area contributed by atoms with Crippen molar-refractivity contribution in [3.8, 4) is 0 Å². The molecule has 83 valence electrons. The molecule has 0 heterocycles. The smallest absolute Gasteiger partial charge is 0.212 e. The number of hydrogen-bond donors (Lipinski definition) is 0. The van der Waals surface area contributed by atoms with Gasteiger partial charge in [-0.3, -0.25) is 9.59 Å². The molecule has 0 N–H and O–H groups in total. The molecule has 15 heavy (non-hydrogen) atoms. The van der Waals surface area contributed by atoms with E-state index in [4.69, 9.17) is 0 Å². The van der Waals surface area contributed by atoms with Gasteiger partial charge in [-0.25, -0.2) is 0 Å². The highest BCUT2D eigenvalue weighted by molar-refractivity contribution is 5.99. The SMILES string of the molecule is O=[C]C1(C(=O)C2CCCC2)CCCCC1. The Morgan fingerprint density at radius 2 is 1.60 bits per heavy atom. The maximum absolute atomic E-state index is 12.3. The summed E-state index contributed by atoms with van der Waals surface area (Å²) in [6.07, 6.45) is 11.1. The Hall–Kier alpha value is -0.660. The monoisotopic (exact) mass is 207 g/mol. The molecule has 0 amide bonds. The normalized spacial score (nSPS) is 26.4. The molecule has 0 aromatic heterocycles. The second kappa shape index (κ2) is 4.46. The van der Waals surface area contributed by atoms with E-state index in [1.807, 2.05) is 0 Å². The summed E-state index contributed by atoms with van der Waals surface area (Å²) in [7, 11) is 0. The van der Waals surface area contributed by atoms with Gasteiger partial charge in [0, 0.05) is 5.92 Å². The van der Waals surface area contributed by atoms with Gasteiger partial charge < -0.3 is 0 Å². The van der Waals surface area contributed by atoms with Gasteiger partial charge in [0.25, 0.3) is 0 Å². The second-order valence-corrected chi connectivity index (χ2v) is 5.09. The van der Waals surface area contributed by atoms with E-state index >= 15 is 0 Å². The molecule has 0 saturated heterocycles. The predicted octanol–water partition coefficient (Wildman–Crippen LogP) is 2.81. The maximum atomic E-state index is 12.3. The Morgan fingerprint density at radius 3 is 2.13 bits per heavy atom. The molecule has 0 aromatic rings. The second-order valence-electron chi connectivity index (χ2n) is 5.09. The van der Waals surface area contributed by atoms with Crippen LogP contribution in [0.5, 0.6) is 0 Å². The summed E-state index contributed by atoms with van der Waals surface area (Å²) >= 11 is 0. The molecule has 0 aliphatic heterocycles. The summed E-state index contributed by atoms with van der Waals surface area (Å²) in [5.41, 5.74) is -0.701. The van der Waals surface area contributed by atoms with Crippen LogP contribution in [0.2, 0.25) is 0 Å². The number of rotatable bonds is 3. The molecule has 2 heteroatoms. The number of hydrogen-bond acceptors (Lipinski definition) is 2. The van der Waals surface area contributed by atoms with Crippen LogP contribution < -0.4 is 0 Å². The summed E-state index contributed by atoms with van der Waals surface area (Å²) < 4.78 is 0. The lowest BCUT2D eigenvalue weighted by Gasteiger charge is -2.31. The van der Waals surface area contributed by atoms with E-state index in [1.54, 1.807) is 0 Å². The van der Waals surface area contributed by atoms with Crippen molar-refractivity contribution >= 4 is 12.1 Å². The van der Waals surface area contributed by atoms with Crippen LogP contribution in [0.25, 0.3) is 0 Å². The molecule has 0 atom stereocenters. The Kier molecular flexibility index (Phi) is 3.22. The molecule has 1 radical (unpaired) electrons. The third kappa shape index (κ3) is 1.99. The zero-order chi connectivity index (χ0) is 10.7. The van der Waals surface area contributed by atoms with Crippen LogP contribution in [0, 0.1) is 11.3 Å². The van der Waals surface area contributed by atoms with Crippen molar-refractivity contribution in [2.75, 3.05) is 0 Å². The highest BCUT2D eigenvalue weighted by Gasteiger charge is 2.43. The largest absolute Gasteiger partial charge is 0.298 e. The van der Waals surface area contributed by atoms with Crippen LogP contribution in [0.3, 0.4) is 0 Å². The molecule has 0 aromatic carbocycles. The first-order valence-corrected chi connectivity index (χ1v) is 6.22. The van der Waals surface area contributed by atoms with E-state index in [1.165, 1.54) is 6.42 Å². The van der Waals surface area contributed by atoms with Crippen LogP contribution in [-0.2, 0) is 9.59 Å². The highest BCUT2D eigenvalue weighted by atomic mass is 16.1. The number of carbonyl (C=O) groups excluding carboxylic acids is 2. The van der Waals surface area contributed by atoms with E-state index in [2.05, 4.69) is 6.29 Å². The van der Waals surface area contributed by atoms with Gasteiger partial charge in [0.15, 0.2) is 0 Å². The third-order valence-electron chi connectivity index (χ3n) is 4.10. The van der Waals surface area contributed by atoms with Crippen LogP contribution in [-0.4, -0.2) is 12.1 Å². The summed E-state index contributed by atoms with van der Waals surface area (Å²) in [6, 6.07) is 0. The third-order valence-corrected chi connectivity index (χ3v) is 4.10. The van der Waals surface area contributed by atoms with Gasteiger partial charge in [-0.1, -0.05) is 32.1 Å². The van der Waals surface area contributed by atoms with E-state index in [0.29, 0.717) is 0 Å². The van der Waals surface area contributed by atoms with Crippen molar-refractivity contribution in [3.63, 3.8) is 0 Å². The lowest BCUT2D eigenvalue weighted by atomic mass is 9.69. The van der Waals surface area contributed by atoms with Gasteiger partial charge >= 0.3 is 0 Å². The first-order valence-electron chi connectivity index (χ1n) is 6.22. The first kappa shape index (κ1) is 10.8. The van der Waals surface area contributed by atoms with Gasteiger partial charge in [0.05, 0.1) is 5.41 Å². The quantitative estimate of drug-likeness (QED) is 0.667. The molecular formula is C13H19O2. The van der Waals surface area contributed by atoms with Crippen molar-refractivity contribution in [2.45, 2.75) is 57.8 Å². The van der Waals surface area contributed by atoms with Crippen molar-refractivity contribution in [1.82, 2.24) is 0 Å². The van der Waals surface area contributed by atoms with E-state index in [0.717, 1.165) is 51.4 Å². The average molecular weight is 207 g/mol. The fraction of sp³-hybridized carbons (Fsp3) is 0.846. The molecule has 2 nitrogen and oxygen atoms in total. The van der Waals surface area contributed by atoms with Gasteiger partial charge in [-0.2, -0.15) is 0 Å². The molecular weight excluding hydrogens is 188 g/mol. The van der Waals surface area contributed by atoms with Crippen molar-refractivity contribution in [2.24, 2.45) is 11.3 Å². The predicted molar refractivity (Wildman–Crippen MR) is 58.2 cm³/mol. The minimum Gasteiger partial charge on any atom is -0.298 e. The van der Waals surface area contributed by atoms with Gasteiger partial charge in [0.2, 0.25) is 6.29 Å². The average Bonchev–Trinajstić information content (AvgIpc) is 2.82. The van der Waals surface area contributed by atoms with Crippen molar-refractivity contribution in [3.05, 3.63) is 0 Å². The summed E-state index contributed by atoms with van der Waals surface area (Å²) in [4.78, 5) is 23.4. The zero-order valence-corrected chi connectivity index (χ0v) is 9.26. The fourth-order valence-electron chi connectivity index (χ4n) is 3.13. The van der Waals surface area contributed by atoms with Crippen LogP contribution >= 0.6 is 0 Å². The Balaban J connectivity index is 2.09. The fourth-order valence-corrected chi connectivity index (χ4v) is 3.13. The summed E-state index contributed by atoms with van der Waals surface area (Å²) in [6.45, 7) is 0. The molecule has 2 saturated carbocycles.